The highest BCUT2D eigenvalue weighted by molar-refractivity contribution is 6.53. The molecule has 0 fully saturated rings. The van der Waals surface area contributed by atoms with Crippen LogP contribution in [0.1, 0.15) is 12.5 Å². The lowest BCUT2D eigenvalue weighted by Crippen LogP contribution is -2.15. The van der Waals surface area contributed by atoms with E-state index in [1.807, 2.05) is 0 Å². The fourth-order valence-corrected chi connectivity index (χ4v) is 2.14. The highest BCUT2D eigenvalue weighted by Gasteiger charge is 1.94. The first-order valence-electron chi connectivity index (χ1n) is 3.73. The van der Waals surface area contributed by atoms with Crippen molar-refractivity contribution in [3.63, 3.8) is 0 Å². The number of rotatable bonds is 2. The molecule has 51 valence electrons. The van der Waals surface area contributed by atoms with Gasteiger partial charge in [-0.2, -0.15) is 0 Å². The Hall–Kier alpha value is -0.248. The van der Waals surface area contributed by atoms with Crippen molar-refractivity contribution in [1.29, 1.82) is 0 Å². The van der Waals surface area contributed by atoms with Gasteiger partial charge in [-0.25, -0.2) is 0 Å². The van der Waals surface area contributed by atoms with Crippen molar-refractivity contribution in [3.8, 4) is 0 Å². The van der Waals surface area contributed by atoms with E-state index in [2.05, 4.69) is 38.1 Å². The van der Waals surface area contributed by atoms with Crippen LogP contribution in [0, 0.1) is 6.92 Å². The summed E-state index contributed by atoms with van der Waals surface area (Å²) in [5.74, 6) is 0. The van der Waals surface area contributed by atoms with Gasteiger partial charge in [0.25, 0.3) is 15.2 Å². The van der Waals surface area contributed by atoms with Crippen molar-refractivity contribution in [2.45, 2.75) is 19.1 Å². The predicted molar refractivity (Wildman–Crippen MR) is 47.0 cm³/mol. The first kappa shape index (κ1) is 7.86. The van der Waals surface area contributed by atoms with E-state index < -0.39 is 0 Å². The molecule has 0 N–H and O–H groups in total. The van der Waals surface area contributed by atoms with Crippen LogP contribution >= 0.6 is 0 Å². The maximum Gasteiger partial charge on any atom is 0.250 e. The Balaban J connectivity index is 2.81. The third-order valence-corrected chi connectivity index (χ3v) is 3.11. The van der Waals surface area contributed by atoms with Crippen molar-refractivity contribution in [3.05, 3.63) is 29.8 Å². The zero-order valence-corrected chi connectivity index (χ0v) is 7.75. The molecule has 0 aromatic heterocycles. The molecule has 0 aliphatic rings. The van der Waals surface area contributed by atoms with Crippen LogP contribution in [0.2, 0.25) is 5.28 Å². The summed E-state index contributed by atoms with van der Waals surface area (Å²) < 4.78 is 1.57. The Morgan fingerprint density at radius 2 is 2.00 bits per heavy atom. The van der Waals surface area contributed by atoms with E-state index in [0.29, 0.717) is 15.2 Å². The fourth-order valence-electron chi connectivity index (χ4n) is 1.04. The van der Waals surface area contributed by atoms with E-state index in [-0.39, 0.29) is 0 Å². The summed E-state index contributed by atoms with van der Waals surface area (Å²) in [4.78, 5) is 0. The van der Waals surface area contributed by atoms with Crippen LogP contribution in [0.25, 0.3) is 0 Å². The smallest absolute Gasteiger partial charge is 0.121 e. The monoisotopic (exact) mass is 147 g/mol. The Bertz CT molecular complexity index is 206. The molecule has 0 heterocycles. The van der Waals surface area contributed by atoms with Gasteiger partial charge >= 0.3 is 0 Å². The van der Waals surface area contributed by atoms with E-state index in [1.54, 1.807) is 4.43 Å². The average Bonchev–Trinajstić information content (AvgIpc) is 1.94. The Labute approximate surface area is 69.0 Å². The van der Waals surface area contributed by atoms with Gasteiger partial charge in [0.05, 0.1) is 0 Å². The van der Waals surface area contributed by atoms with E-state index >= 15 is 0 Å². The molecule has 1 aromatic carbocycles. The van der Waals surface area contributed by atoms with E-state index in [1.165, 1.54) is 10.8 Å². The molecule has 1 radical (unpaired) electrons. The molecular weight excluding hydrogens is 135 g/mol. The third-order valence-electron chi connectivity index (χ3n) is 1.61. The van der Waals surface area contributed by atoms with Gasteiger partial charge in [-0.15, -0.1) is 9.71 Å². The summed E-state index contributed by atoms with van der Waals surface area (Å²) >= 11 is 0.528. The highest BCUT2D eigenvalue weighted by Crippen LogP contribution is 1.92. The second-order valence-corrected chi connectivity index (χ2v) is 4.32. The maximum absolute atomic E-state index is 2.25. The quantitative estimate of drug-likeness (QED) is 0.559. The second kappa shape index (κ2) is 3.81. The topological polar surface area (TPSA) is 0 Å². The molecule has 0 atom stereocenters. The first-order valence-corrected chi connectivity index (χ1v) is 5.13. The van der Waals surface area contributed by atoms with Crippen LogP contribution < -0.4 is 4.43 Å². The SMILES string of the molecule is C[CH2][Al][c]1ccccc1C. The fraction of sp³-hybridized carbons (Fsp3) is 0.333. The van der Waals surface area contributed by atoms with Crippen LogP contribution in [0.3, 0.4) is 0 Å². The average molecular weight is 147 g/mol. The molecule has 0 saturated carbocycles. The van der Waals surface area contributed by atoms with Gasteiger partial charge in [0.15, 0.2) is 0 Å². The lowest BCUT2D eigenvalue weighted by Gasteiger charge is -2.00. The van der Waals surface area contributed by atoms with Gasteiger partial charge in [0, 0.05) is 0 Å². The van der Waals surface area contributed by atoms with Crippen molar-refractivity contribution in [2.75, 3.05) is 0 Å². The molecule has 0 aliphatic heterocycles. The molecule has 1 rings (SSSR count). The minimum atomic E-state index is 0.528. The number of hydrogen-bond acceptors (Lipinski definition) is 0. The van der Waals surface area contributed by atoms with Crippen LogP contribution in [0.15, 0.2) is 24.3 Å². The maximum atomic E-state index is 2.25. The standard InChI is InChI=1S/C7H7.C2H5.Al/c1-7-5-3-2-4-6-7;1-2;/h2-5H,1H3;1H2,2H3;. The molecule has 0 spiro atoms. The number of aryl methyl sites for hydroxylation is 1. The molecule has 10 heavy (non-hydrogen) atoms. The number of hydrogen-bond donors (Lipinski definition) is 0. The van der Waals surface area contributed by atoms with Crippen LogP contribution in [0.5, 0.6) is 0 Å². The lowest BCUT2D eigenvalue weighted by atomic mass is 10.2. The van der Waals surface area contributed by atoms with Crippen LogP contribution in [0.4, 0.5) is 0 Å². The summed E-state index contributed by atoms with van der Waals surface area (Å²) in [7, 11) is 0. The molecule has 0 aliphatic carbocycles. The predicted octanol–water partition coefficient (Wildman–Crippen LogP) is 1.76. The minimum Gasteiger partial charge on any atom is -0.121 e. The zero-order chi connectivity index (χ0) is 7.40. The minimum absolute atomic E-state index is 0.528. The Morgan fingerprint density at radius 3 is 2.60 bits per heavy atom. The Morgan fingerprint density at radius 1 is 1.30 bits per heavy atom. The molecule has 0 amide bonds. The van der Waals surface area contributed by atoms with Gasteiger partial charge in [-0.05, 0) is 6.92 Å². The summed E-state index contributed by atoms with van der Waals surface area (Å²) in [6.07, 6.45) is 0. The van der Waals surface area contributed by atoms with E-state index in [0.717, 1.165) is 0 Å². The largest absolute Gasteiger partial charge is 0.250 e. The normalized spacial score (nSPS) is 9.40. The van der Waals surface area contributed by atoms with Crippen molar-refractivity contribution >= 4 is 19.6 Å². The summed E-state index contributed by atoms with van der Waals surface area (Å²) in [6.45, 7) is 4.44. The number of benzene rings is 1. The molecule has 1 heteroatoms. The van der Waals surface area contributed by atoms with Gasteiger partial charge in [-0.1, -0.05) is 36.8 Å². The third kappa shape index (κ3) is 1.87. The van der Waals surface area contributed by atoms with Crippen molar-refractivity contribution in [1.82, 2.24) is 0 Å². The van der Waals surface area contributed by atoms with E-state index in [4.69, 9.17) is 0 Å². The van der Waals surface area contributed by atoms with Crippen LogP contribution in [-0.2, 0) is 0 Å². The lowest BCUT2D eigenvalue weighted by molar-refractivity contribution is 1.44. The van der Waals surface area contributed by atoms with Crippen molar-refractivity contribution < 1.29 is 0 Å². The molecule has 0 unspecified atom stereocenters. The molecule has 0 saturated heterocycles. The van der Waals surface area contributed by atoms with Gasteiger partial charge in [-0.3, -0.25) is 0 Å². The summed E-state index contributed by atoms with van der Waals surface area (Å²) in [5.41, 5.74) is 1.46. The van der Waals surface area contributed by atoms with Crippen molar-refractivity contribution in [2.24, 2.45) is 0 Å². The van der Waals surface area contributed by atoms with Gasteiger partial charge in [0.1, 0.15) is 0 Å². The molecule has 0 bridgehead atoms. The first-order chi connectivity index (χ1) is 4.84. The second-order valence-electron chi connectivity index (χ2n) is 2.47. The zero-order valence-electron chi connectivity index (χ0n) is 6.59. The van der Waals surface area contributed by atoms with Gasteiger partial charge < -0.3 is 0 Å². The Kier molecular flexibility index (Phi) is 2.99. The van der Waals surface area contributed by atoms with E-state index in [9.17, 15) is 0 Å². The highest BCUT2D eigenvalue weighted by atomic mass is 27.1. The summed E-state index contributed by atoms with van der Waals surface area (Å²) in [6, 6.07) is 8.67. The van der Waals surface area contributed by atoms with Gasteiger partial charge in [0.2, 0.25) is 0 Å². The molecule has 1 aromatic rings. The molecular formula is C9H12Al. The summed E-state index contributed by atoms with van der Waals surface area (Å²) in [5, 5.41) is 1.32. The van der Waals surface area contributed by atoms with Crippen LogP contribution in [-0.4, -0.2) is 15.2 Å². The molecule has 0 nitrogen and oxygen atoms in total.